The molecule has 1 fully saturated rings. The Morgan fingerprint density at radius 2 is 2.00 bits per heavy atom. The van der Waals surface area contributed by atoms with Gasteiger partial charge in [0, 0.05) is 24.8 Å². The smallest absolute Gasteiger partial charge is 0.120 e. The van der Waals surface area contributed by atoms with Crippen molar-refractivity contribution in [1.82, 2.24) is 0 Å². The molecule has 1 aliphatic heterocycles. The van der Waals surface area contributed by atoms with Gasteiger partial charge in [-0.3, -0.25) is 0 Å². The molecular weight excluding hydrogens is 238 g/mol. The van der Waals surface area contributed by atoms with Gasteiger partial charge in [0.05, 0.1) is 0 Å². The van der Waals surface area contributed by atoms with Crippen LogP contribution >= 0.6 is 12.4 Å². The Bertz CT molecular complexity index is 364. The van der Waals surface area contributed by atoms with Crippen molar-refractivity contribution in [3.63, 3.8) is 0 Å². The zero-order valence-electron chi connectivity index (χ0n) is 10.1. The number of rotatable bonds is 2. The first-order valence-electron chi connectivity index (χ1n) is 5.81. The summed E-state index contributed by atoms with van der Waals surface area (Å²) in [5, 5.41) is 9.88. The van der Waals surface area contributed by atoms with Crippen LogP contribution in [0.4, 0.5) is 0 Å². The SMILES string of the molecule is Cc1ccc([C@H](N)C2CCOCC2)c(O)c1.Cl. The Labute approximate surface area is 108 Å². The standard InChI is InChI=1S/C13H19NO2.ClH/c1-9-2-3-11(12(15)8-9)13(14)10-4-6-16-7-5-10;/h2-3,8,10,13,15H,4-7,14H2,1H3;1H/t13-;/m1./s1. The van der Waals surface area contributed by atoms with Gasteiger partial charge in [-0.2, -0.15) is 0 Å². The summed E-state index contributed by atoms with van der Waals surface area (Å²) in [7, 11) is 0. The lowest BCUT2D eigenvalue weighted by Gasteiger charge is -2.28. The number of nitrogens with two attached hydrogens (primary N) is 1. The van der Waals surface area contributed by atoms with E-state index in [2.05, 4.69) is 0 Å². The van der Waals surface area contributed by atoms with E-state index in [9.17, 15) is 5.11 Å². The van der Waals surface area contributed by atoms with Crippen LogP contribution in [0.25, 0.3) is 0 Å². The van der Waals surface area contributed by atoms with Gasteiger partial charge in [-0.25, -0.2) is 0 Å². The fraction of sp³-hybridized carbons (Fsp3) is 0.538. The molecule has 0 spiro atoms. The molecule has 0 radical (unpaired) electrons. The molecule has 0 aliphatic carbocycles. The van der Waals surface area contributed by atoms with Crippen molar-refractivity contribution in [2.24, 2.45) is 11.7 Å². The normalized spacial score (nSPS) is 18.5. The van der Waals surface area contributed by atoms with Crippen LogP contribution in [0.15, 0.2) is 18.2 Å². The number of benzene rings is 1. The Balaban J connectivity index is 0.00000144. The number of hydrogen-bond donors (Lipinski definition) is 2. The Hall–Kier alpha value is -0.770. The summed E-state index contributed by atoms with van der Waals surface area (Å²) in [4.78, 5) is 0. The van der Waals surface area contributed by atoms with Crippen LogP contribution in [0.1, 0.15) is 30.0 Å². The third kappa shape index (κ3) is 3.35. The van der Waals surface area contributed by atoms with E-state index in [4.69, 9.17) is 10.5 Å². The molecule has 17 heavy (non-hydrogen) atoms. The van der Waals surface area contributed by atoms with Crippen molar-refractivity contribution >= 4 is 12.4 Å². The molecule has 0 unspecified atom stereocenters. The summed E-state index contributed by atoms with van der Waals surface area (Å²) in [5.74, 6) is 0.737. The molecule has 1 atom stereocenters. The van der Waals surface area contributed by atoms with Crippen LogP contribution < -0.4 is 5.73 Å². The van der Waals surface area contributed by atoms with Gasteiger partial charge in [0.2, 0.25) is 0 Å². The molecule has 0 amide bonds. The van der Waals surface area contributed by atoms with E-state index in [-0.39, 0.29) is 18.4 Å². The molecule has 0 saturated carbocycles. The fourth-order valence-corrected chi connectivity index (χ4v) is 2.26. The van der Waals surface area contributed by atoms with E-state index in [1.807, 2.05) is 19.1 Å². The van der Waals surface area contributed by atoms with E-state index >= 15 is 0 Å². The molecule has 2 rings (SSSR count). The minimum Gasteiger partial charge on any atom is -0.508 e. The summed E-state index contributed by atoms with van der Waals surface area (Å²) >= 11 is 0. The average molecular weight is 258 g/mol. The lowest BCUT2D eigenvalue weighted by atomic mass is 9.87. The molecule has 1 aliphatic rings. The van der Waals surface area contributed by atoms with Crippen molar-refractivity contribution in [3.8, 4) is 5.75 Å². The highest BCUT2D eigenvalue weighted by Crippen LogP contribution is 2.33. The van der Waals surface area contributed by atoms with Crippen LogP contribution in [0.5, 0.6) is 5.75 Å². The van der Waals surface area contributed by atoms with Crippen molar-refractivity contribution in [1.29, 1.82) is 0 Å². The highest BCUT2D eigenvalue weighted by atomic mass is 35.5. The molecule has 1 aromatic rings. The minimum absolute atomic E-state index is 0. The van der Waals surface area contributed by atoms with Crippen LogP contribution in [-0.2, 0) is 4.74 Å². The van der Waals surface area contributed by atoms with Crippen molar-refractivity contribution in [2.75, 3.05) is 13.2 Å². The second kappa shape index (κ2) is 6.24. The average Bonchev–Trinajstić information content (AvgIpc) is 2.29. The monoisotopic (exact) mass is 257 g/mol. The summed E-state index contributed by atoms with van der Waals surface area (Å²) in [6.07, 6.45) is 1.96. The van der Waals surface area contributed by atoms with E-state index in [1.165, 1.54) is 0 Å². The summed E-state index contributed by atoms with van der Waals surface area (Å²) < 4.78 is 5.32. The quantitative estimate of drug-likeness (QED) is 0.856. The highest BCUT2D eigenvalue weighted by Gasteiger charge is 2.23. The zero-order valence-corrected chi connectivity index (χ0v) is 10.9. The number of phenols is 1. The second-order valence-electron chi connectivity index (χ2n) is 4.54. The predicted molar refractivity (Wildman–Crippen MR) is 70.6 cm³/mol. The van der Waals surface area contributed by atoms with Crippen LogP contribution in [0.2, 0.25) is 0 Å². The van der Waals surface area contributed by atoms with E-state index in [1.54, 1.807) is 6.07 Å². The summed E-state index contributed by atoms with van der Waals surface area (Å²) in [5.41, 5.74) is 8.12. The van der Waals surface area contributed by atoms with Gasteiger partial charge in [-0.15, -0.1) is 12.4 Å². The first kappa shape index (κ1) is 14.3. The molecule has 3 N–H and O–H groups in total. The molecule has 1 heterocycles. The maximum Gasteiger partial charge on any atom is 0.120 e. The number of ether oxygens (including phenoxy) is 1. The number of hydrogen-bond acceptors (Lipinski definition) is 3. The topological polar surface area (TPSA) is 55.5 Å². The maximum absolute atomic E-state index is 9.88. The molecule has 4 heteroatoms. The minimum atomic E-state index is -0.0792. The maximum atomic E-state index is 9.88. The lowest BCUT2D eigenvalue weighted by Crippen LogP contribution is -2.27. The van der Waals surface area contributed by atoms with Gasteiger partial charge in [-0.05, 0) is 37.3 Å². The summed E-state index contributed by atoms with van der Waals surface area (Å²) in [6.45, 7) is 3.53. The molecule has 96 valence electrons. The van der Waals surface area contributed by atoms with Gasteiger partial charge < -0.3 is 15.6 Å². The number of halogens is 1. The lowest BCUT2D eigenvalue weighted by molar-refractivity contribution is 0.0581. The van der Waals surface area contributed by atoms with Crippen LogP contribution in [0, 0.1) is 12.8 Å². The van der Waals surface area contributed by atoms with Crippen molar-refractivity contribution in [3.05, 3.63) is 29.3 Å². The van der Waals surface area contributed by atoms with Crippen LogP contribution in [0.3, 0.4) is 0 Å². The van der Waals surface area contributed by atoms with Crippen LogP contribution in [-0.4, -0.2) is 18.3 Å². The molecule has 0 aromatic heterocycles. The predicted octanol–water partition coefficient (Wildman–Crippen LogP) is 2.55. The molecule has 1 aromatic carbocycles. The van der Waals surface area contributed by atoms with Crippen molar-refractivity contribution in [2.45, 2.75) is 25.8 Å². The van der Waals surface area contributed by atoms with Crippen molar-refractivity contribution < 1.29 is 9.84 Å². The Morgan fingerprint density at radius 3 is 2.59 bits per heavy atom. The van der Waals surface area contributed by atoms with E-state index < -0.39 is 0 Å². The second-order valence-corrected chi connectivity index (χ2v) is 4.54. The van der Waals surface area contributed by atoms with Gasteiger partial charge in [0.1, 0.15) is 5.75 Å². The van der Waals surface area contributed by atoms with Gasteiger partial charge in [-0.1, -0.05) is 12.1 Å². The number of aromatic hydroxyl groups is 1. The fourth-order valence-electron chi connectivity index (χ4n) is 2.26. The number of aryl methyl sites for hydroxylation is 1. The first-order chi connectivity index (χ1) is 7.68. The van der Waals surface area contributed by atoms with E-state index in [0.29, 0.717) is 11.7 Å². The van der Waals surface area contributed by atoms with Gasteiger partial charge in [0.15, 0.2) is 0 Å². The molecule has 1 saturated heterocycles. The third-order valence-corrected chi connectivity index (χ3v) is 3.32. The number of phenolic OH excluding ortho intramolecular Hbond substituents is 1. The van der Waals surface area contributed by atoms with E-state index in [0.717, 1.165) is 37.2 Å². The molecule has 3 nitrogen and oxygen atoms in total. The van der Waals surface area contributed by atoms with Gasteiger partial charge >= 0.3 is 0 Å². The largest absolute Gasteiger partial charge is 0.508 e. The molecule has 0 bridgehead atoms. The first-order valence-corrected chi connectivity index (χ1v) is 5.81. The third-order valence-electron chi connectivity index (χ3n) is 3.32. The Kier molecular flexibility index (Phi) is 5.25. The summed E-state index contributed by atoms with van der Waals surface area (Å²) in [6, 6.07) is 5.62. The Morgan fingerprint density at radius 1 is 1.35 bits per heavy atom. The highest BCUT2D eigenvalue weighted by molar-refractivity contribution is 5.85. The van der Waals surface area contributed by atoms with Gasteiger partial charge in [0.25, 0.3) is 0 Å². The molecular formula is C13H20ClNO2. The zero-order chi connectivity index (χ0) is 11.5.